The van der Waals surface area contributed by atoms with Crippen LogP contribution in [0.5, 0.6) is 0 Å². The first-order valence-electron chi connectivity index (χ1n) is 6.38. The quantitative estimate of drug-likeness (QED) is 0.887. The van der Waals surface area contributed by atoms with E-state index in [1.165, 1.54) is 17.7 Å². The van der Waals surface area contributed by atoms with Crippen molar-refractivity contribution in [2.45, 2.75) is 25.8 Å². The van der Waals surface area contributed by atoms with Gasteiger partial charge in [0.1, 0.15) is 5.82 Å². The van der Waals surface area contributed by atoms with Crippen LogP contribution in [0.4, 0.5) is 4.39 Å². The van der Waals surface area contributed by atoms with Gasteiger partial charge in [0.25, 0.3) is 0 Å². The molecule has 0 heterocycles. The van der Waals surface area contributed by atoms with Gasteiger partial charge in [-0.15, -0.1) is 0 Å². The molecule has 100 valence electrons. The fourth-order valence-corrected chi connectivity index (χ4v) is 2.56. The van der Waals surface area contributed by atoms with E-state index >= 15 is 0 Å². The number of halogens is 2. The van der Waals surface area contributed by atoms with Crippen molar-refractivity contribution in [3.8, 4) is 0 Å². The monoisotopic (exact) mass is 321 g/mol. The second kappa shape index (κ2) is 6.31. The van der Waals surface area contributed by atoms with Crippen molar-refractivity contribution in [3.63, 3.8) is 0 Å². The van der Waals surface area contributed by atoms with E-state index in [4.69, 9.17) is 5.73 Å². The average molecular weight is 322 g/mol. The number of hydrogen-bond donors (Lipinski definition) is 1. The predicted molar refractivity (Wildman–Crippen MR) is 80.6 cm³/mol. The molecule has 0 aliphatic heterocycles. The summed E-state index contributed by atoms with van der Waals surface area (Å²) >= 11 is 3.38. The summed E-state index contributed by atoms with van der Waals surface area (Å²) in [6, 6.07) is 13.0. The van der Waals surface area contributed by atoms with Crippen LogP contribution in [0.2, 0.25) is 0 Å². The van der Waals surface area contributed by atoms with Gasteiger partial charge < -0.3 is 5.73 Å². The highest BCUT2D eigenvalue weighted by molar-refractivity contribution is 9.10. The minimum absolute atomic E-state index is 0.0762. The third-order valence-corrected chi connectivity index (χ3v) is 4.01. The lowest BCUT2D eigenvalue weighted by molar-refractivity contribution is 0.624. The standard InChI is InChI=1S/C16H17BrFN/c1-2-11-3-5-12(6-4-11)16(19)9-13-7-8-14(18)10-15(13)17/h3-8,10,16H,2,9,19H2,1H3. The Bertz CT molecular complexity index is 551. The molecule has 1 nitrogen and oxygen atoms in total. The minimum Gasteiger partial charge on any atom is -0.324 e. The Morgan fingerprint density at radius 2 is 1.84 bits per heavy atom. The van der Waals surface area contributed by atoms with Crippen LogP contribution in [0.1, 0.15) is 29.7 Å². The molecule has 0 aliphatic rings. The van der Waals surface area contributed by atoms with Crippen molar-refractivity contribution < 1.29 is 4.39 Å². The molecule has 0 bridgehead atoms. The van der Waals surface area contributed by atoms with Crippen LogP contribution in [-0.2, 0) is 12.8 Å². The van der Waals surface area contributed by atoms with Gasteiger partial charge in [0.2, 0.25) is 0 Å². The highest BCUT2D eigenvalue weighted by Gasteiger charge is 2.10. The molecule has 2 N–H and O–H groups in total. The summed E-state index contributed by atoms with van der Waals surface area (Å²) in [4.78, 5) is 0. The number of benzene rings is 2. The Morgan fingerprint density at radius 3 is 2.42 bits per heavy atom. The lowest BCUT2D eigenvalue weighted by Gasteiger charge is -2.14. The molecule has 1 unspecified atom stereocenters. The van der Waals surface area contributed by atoms with E-state index < -0.39 is 0 Å². The zero-order valence-electron chi connectivity index (χ0n) is 10.9. The van der Waals surface area contributed by atoms with Gasteiger partial charge in [-0.2, -0.15) is 0 Å². The first-order valence-corrected chi connectivity index (χ1v) is 7.17. The molecule has 1 atom stereocenters. The Morgan fingerprint density at radius 1 is 1.16 bits per heavy atom. The number of hydrogen-bond acceptors (Lipinski definition) is 1. The first-order chi connectivity index (χ1) is 9.10. The van der Waals surface area contributed by atoms with E-state index in [2.05, 4.69) is 47.1 Å². The Balaban J connectivity index is 2.13. The van der Waals surface area contributed by atoms with Crippen LogP contribution in [0.3, 0.4) is 0 Å². The summed E-state index contributed by atoms with van der Waals surface area (Å²) in [5, 5.41) is 0. The van der Waals surface area contributed by atoms with Gasteiger partial charge in [-0.3, -0.25) is 0 Å². The molecule has 19 heavy (non-hydrogen) atoms. The molecule has 0 amide bonds. The predicted octanol–water partition coefficient (Wildman–Crippen LogP) is 4.39. The van der Waals surface area contributed by atoms with Gasteiger partial charge in [0.15, 0.2) is 0 Å². The van der Waals surface area contributed by atoms with Crippen LogP contribution < -0.4 is 5.73 Å². The van der Waals surface area contributed by atoms with E-state index in [1.54, 1.807) is 6.07 Å². The number of aryl methyl sites for hydroxylation is 1. The molecule has 0 spiro atoms. The van der Waals surface area contributed by atoms with Gasteiger partial charge in [-0.05, 0) is 41.7 Å². The average Bonchev–Trinajstić information content (AvgIpc) is 2.42. The Hall–Kier alpha value is -1.19. The molecular weight excluding hydrogens is 305 g/mol. The summed E-state index contributed by atoms with van der Waals surface area (Å²) < 4.78 is 13.8. The van der Waals surface area contributed by atoms with Crippen LogP contribution in [0.25, 0.3) is 0 Å². The van der Waals surface area contributed by atoms with Crippen molar-refractivity contribution in [2.75, 3.05) is 0 Å². The van der Waals surface area contributed by atoms with Crippen LogP contribution >= 0.6 is 15.9 Å². The third kappa shape index (κ3) is 3.64. The zero-order chi connectivity index (χ0) is 13.8. The summed E-state index contributed by atoms with van der Waals surface area (Å²) in [6.07, 6.45) is 1.71. The fourth-order valence-electron chi connectivity index (χ4n) is 2.04. The zero-order valence-corrected chi connectivity index (χ0v) is 12.5. The molecule has 0 fully saturated rings. The largest absolute Gasteiger partial charge is 0.324 e. The molecule has 2 rings (SSSR count). The third-order valence-electron chi connectivity index (χ3n) is 3.27. The Kier molecular flexibility index (Phi) is 4.72. The molecule has 0 aromatic heterocycles. The van der Waals surface area contributed by atoms with Crippen molar-refractivity contribution >= 4 is 15.9 Å². The van der Waals surface area contributed by atoms with Crippen molar-refractivity contribution in [3.05, 3.63) is 69.4 Å². The minimum atomic E-state index is -0.239. The molecule has 0 saturated heterocycles. The van der Waals surface area contributed by atoms with Crippen LogP contribution in [-0.4, -0.2) is 0 Å². The van der Waals surface area contributed by atoms with Crippen LogP contribution in [0.15, 0.2) is 46.9 Å². The molecular formula is C16H17BrFN. The van der Waals surface area contributed by atoms with Crippen molar-refractivity contribution in [1.29, 1.82) is 0 Å². The van der Waals surface area contributed by atoms with Gasteiger partial charge >= 0.3 is 0 Å². The summed E-state index contributed by atoms with van der Waals surface area (Å²) in [5.74, 6) is -0.239. The maximum Gasteiger partial charge on any atom is 0.124 e. The van der Waals surface area contributed by atoms with Gasteiger partial charge in [-0.1, -0.05) is 53.2 Å². The first kappa shape index (κ1) is 14.2. The molecule has 0 saturated carbocycles. The maximum absolute atomic E-state index is 13.0. The van der Waals surface area contributed by atoms with E-state index in [-0.39, 0.29) is 11.9 Å². The molecule has 3 heteroatoms. The highest BCUT2D eigenvalue weighted by Crippen LogP contribution is 2.23. The van der Waals surface area contributed by atoms with E-state index in [0.29, 0.717) is 6.42 Å². The SMILES string of the molecule is CCc1ccc(C(N)Cc2ccc(F)cc2Br)cc1. The van der Waals surface area contributed by atoms with E-state index in [9.17, 15) is 4.39 Å². The van der Waals surface area contributed by atoms with Gasteiger partial charge in [-0.25, -0.2) is 4.39 Å². The summed E-state index contributed by atoms with van der Waals surface area (Å²) in [6.45, 7) is 2.13. The van der Waals surface area contributed by atoms with Gasteiger partial charge in [0, 0.05) is 10.5 Å². The molecule has 0 radical (unpaired) electrons. The second-order valence-corrected chi connectivity index (χ2v) is 5.50. The van der Waals surface area contributed by atoms with Crippen molar-refractivity contribution in [2.24, 2.45) is 5.73 Å². The molecule has 0 aliphatic carbocycles. The molecule has 2 aromatic rings. The number of rotatable bonds is 4. The lowest BCUT2D eigenvalue weighted by Crippen LogP contribution is -2.13. The topological polar surface area (TPSA) is 26.0 Å². The summed E-state index contributed by atoms with van der Waals surface area (Å²) in [5.41, 5.74) is 9.64. The van der Waals surface area contributed by atoms with E-state index in [0.717, 1.165) is 22.0 Å². The Labute approximate surface area is 121 Å². The second-order valence-electron chi connectivity index (χ2n) is 4.64. The fraction of sp³-hybridized carbons (Fsp3) is 0.250. The van der Waals surface area contributed by atoms with E-state index in [1.807, 2.05) is 0 Å². The van der Waals surface area contributed by atoms with Gasteiger partial charge in [0.05, 0.1) is 0 Å². The van der Waals surface area contributed by atoms with Crippen LogP contribution in [0, 0.1) is 5.82 Å². The smallest absolute Gasteiger partial charge is 0.124 e. The number of nitrogens with two attached hydrogens (primary N) is 1. The maximum atomic E-state index is 13.0. The molecule has 2 aromatic carbocycles. The normalized spacial score (nSPS) is 12.4. The lowest BCUT2D eigenvalue weighted by atomic mass is 9.98. The highest BCUT2D eigenvalue weighted by atomic mass is 79.9. The van der Waals surface area contributed by atoms with Crippen molar-refractivity contribution in [1.82, 2.24) is 0 Å². The summed E-state index contributed by atoms with van der Waals surface area (Å²) in [7, 11) is 0.